The fraction of sp³-hybridized carbons (Fsp3) is 0.281. The molecule has 212 valence electrons. The summed E-state index contributed by atoms with van der Waals surface area (Å²) >= 11 is 1.28. The summed E-state index contributed by atoms with van der Waals surface area (Å²) in [7, 11) is 1.58. The maximum absolute atomic E-state index is 13.6. The zero-order chi connectivity index (χ0) is 28.9. The number of unbranched alkanes of at least 4 members (excludes halogenated alkanes) is 2. The number of hydrogen-bond acceptors (Lipinski definition) is 8. The molecule has 4 aromatic rings. The van der Waals surface area contributed by atoms with E-state index in [2.05, 4.69) is 11.9 Å². The highest BCUT2D eigenvalue weighted by Gasteiger charge is 2.48. The maximum Gasteiger partial charge on any atom is 0.301 e. The summed E-state index contributed by atoms with van der Waals surface area (Å²) in [6.07, 6.45) is 3.15. The van der Waals surface area contributed by atoms with Gasteiger partial charge in [-0.1, -0.05) is 55.4 Å². The predicted octanol–water partition coefficient (Wildman–Crippen LogP) is 6.90. The van der Waals surface area contributed by atoms with Gasteiger partial charge in [0.05, 0.1) is 42.2 Å². The van der Waals surface area contributed by atoms with E-state index < -0.39 is 17.7 Å². The van der Waals surface area contributed by atoms with Crippen LogP contribution in [0.15, 0.2) is 72.3 Å². The molecule has 1 aliphatic rings. The van der Waals surface area contributed by atoms with Gasteiger partial charge in [-0.3, -0.25) is 14.5 Å². The minimum Gasteiger partial charge on any atom is -0.507 e. The van der Waals surface area contributed by atoms with Crippen molar-refractivity contribution in [1.29, 1.82) is 0 Å². The number of ketones is 1. The smallest absolute Gasteiger partial charge is 0.301 e. The van der Waals surface area contributed by atoms with Gasteiger partial charge in [-0.2, -0.15) is 0 Å². The zero-order valence-corrected chi connectivity index (χ0v) is 24.1. The van der Waals surface area contributed by atoms with E-state index in [1.165, 1.54) is 16.2 Å². The van der Waals surface area contributed by atoms with Gasteiger partial charge < -0.3 is 19.3 Å². The van der Waals surface area contributed by atoms with Crippen molar-refractivity contribution in [3.8, 4) is 17.2 Å². The Hall–Kier alpha value is -4.37. The highest BCUT2D eigenvalue weighted by molar-refractivity contribution is 7.22. The summed E-state index contributed by atoms with van der Waals surface area (Å²) in [6, 6.07) is 18.7. The first-order valence-corrected chi connectivity index (χ1v) is 14.5. The minimum absolute atomic E-state index is 0.0166. The summed E-state index contributed by atoms with van der Waals surface area (Å²) in [5.41, 5.74) is 1.68. The summed E-state index contributed by atoms with van der Waals surface area (Å²) in [5, 5.41) is 11.8. The van der Waals surface area contributed by atoms with E-state index >= 15 is 0 Å². The fourth-order valence-electron chi connectivity index (χ4n) is 4.81. The van der Waals surface area contributed by atoms with Gasteiger partial charge in [0.2, 0.25) is 0 Å². The second kappa shape index (κ2) is 12.4. The number of methoxy groups -OCH3 is 1. The number of carbonyl (C=O) groups is 2. The first-order chi connectivity index (χ1) is 19.9. The van der Waals surface area contributed by atoms with E-state index in [0.29, 0.717) is 52.2 Å². The van der Waals surface area contributed by atoms with Crippen molar-refractivity contribution in [3.63, 3.8) is 0 Å². The molecular formula is C32H32N2O6S. The van der Waals surface area contributed by atoms with Crippen LogP contribution >= 0.6 is 11.3 Å². The molecule has 1 aliphatic heterocycles. The molecule has 0 spiro atoms. The SMILES string of the molecule is CCCCCOc1ccc(C2/C(=C(\O)c3cccc(OCC)c3)C(=O)C(=O)N2c2nc3ccc(OC)cc3s2)cc1. The Kier molecular flexibility index (Phi) is 8.54. The average Bonchev–Trinajstić information content (AvgIpc) is 3.53. The standard InChI is InChI=1S/C32H32N2O6S/c1-4-6-7-17-40-22-13-11-20(12-14-22)28-27(29(35)21-9-8-10-24(18-21)39-5-2)30(36)31(37)34(28)32-33-25-16-15-23(38-3)19-26(25)41-32/h8-16,18-19,28,35H,4-7,17H2,1-3H3/b29-27+. The average molecular weight is 573 g/mol. The lowest BCUT2D eigenvalue weighted by Crippen LogP contribution is -2.29. The van der Waals surface area contributed by atoms with E-state index in [9.17, 15) is 14.7 Å². The largest absolute Gasteiger partial charge is 0.507 e. The number of aliphatic hydroxyl groups excluding tert-OH is 1. The number of anilines is 1. The van der Waals surface area contributed by atoms with Crippen LogP contribution < -0.4 is 19.1 Å². The Morgan fingerprint density at radius 3 is 2.46 bits per heavy atom. The number of aromatic nitrogens is 1. The predicted molar refractivity (Wildman–Crippen MR) is 160 cm³/mol. The monoisotopic (exact) mass is 572 g/mol. The van der Waals surface area contributed by atoms with Crippen LogP contribution in [0, 0.1) is 0 Å². The first kappa shape index (κ1) is 28.2. The van der Waals surface area contributed by atoms with Crippen molar-refractivity contribution in [3.05, 3.63) is 83.4 Å². The summed E-state index contributed by atoms with van der Waals surface area (Å²) < 4.78 is 17.6. The lowest BCUT2D eigenvalue weighted by molar-refractivity contribution is -0.132. The molecule has 2 heterocycles. The zero-order valence-electron chi connectivity index (χ0n) is 23.3. The maximum atomic E-state index is 13.6. The molecule has 1 saturated heterocycles. The Bertz CT molecular complexity index is 1590. The lowest BCUT2D eigenvalue weighted by atomic mass is 9.95. The number of benzene rings is 3. The molecule has 3 aromatic carbocycles. The second-order valence-corrected chi connectivity index (χ2v) is 10.6. The van der Waals surface area contributed by atoms with Gasteiger partial charge in [0.25, 0.3) is 5.78 Å². The number of ether oxygens (including phenoxy) is 3. The van der Waals surface area contributed by atoms with Crippen molar-refractivity contribution in [2.75, 3.05) is 25.2 Å². The lowest BCUT2D eigenvalue weighted by Gasteiger charge is -2.23. The van der Waals surface area contributed by atoms with Gasteiger partial charge >= 0.3 is 5.91 Å². The second-order valence-electron chi connectivity index (χ2n) is 9.58. The summed E-state index contributed by atoms with van der Waals surface area (Å²) in [5.74, 6) is 0.0786. The molecule has 1 atom stereocenters. The van der Waals surface area contributed by atoms with Gasteiger partial charge in [0.1, 0.15) is 23.0 Å². The molecule has 0 aliphatic carbocycles. The number of carbonyl (C=O) groups excluding carboxylic acids is 2. The molecule has 1 amide bonds. The molecule has 0 bridgehead atoms. The molecule has 8 nitrogen and oxygen atoms in total. The highest BCUT2D eigenvalue weighted by Crippen LogP contribution is 2.45. The number of hydrogen-bond donors (Lipinski definition) is 1. The quantitative estimate of drug-likeness (QED) is 0.0904. The Morgan fingerprint density at radius 2 is 1.73 bits per heavy atom. The molecule has 1 fully saturated rings. The number of fused-ring (bicyclic) bond motifs is 1. The molecule has 1 unspecified atom stereocenters. The van der Waals surface area contributed by atoms with Gasteiger partial charge in [0.15, 0.2) is 5.13 Å². The van der Waals surface area contributed by atoms with Crippen LogP contribution in [0.2, 0.25) is 0 Å². The molecule has 0 radical (unpaired) electrons. The highest BCUT2D eigenvalue weighted by atomic mass is 32.1. The normalized spacial score (nSPS) is 16.4. The van der Waals surface area contributed by atoms with E-state index in [1.807, 2.05) is 43.3 Å². The molecular weight excluding hydrogens is 540 g/mol. The molecule has 0 saturated carbocycles. The summed E-state index contributed by atoms with van der Waals surface area (Å²) in [6.45, 7) is 5.06. The van der Waals surface area contributed by atoms with Crippen LogP contribution in [-0.4, -0.2) is 42.1 Å². The summed E-state index contributed by atoms with van der Waals surface area (Å²) in [4.78, 5) is 33.2. The topological polar surface area (TPSA) is 98.2 Å². The number of aliphatic hydroxyl groups is 1. The van der Waals surface area contributed by atoms with Crippen molar-refractivity contribution >= 4 is 44.1 Å². The third kappa shape index (κ3) is 5.76. The van der Waals surface area contributed by atoms with E-state index in [1.54, 1.807) is 37.4 Å². The number of Topliss-reactive ketones (excluding diaryl/α,β-unsaturated/α-hetero) is 1. The van der Waals surface area contributed by atoms with E-state index in [4.69, 9.17) is 14.2 Å². The molecule has 41 heavy (non-hydrogen) atoms. The van der Waals surface area contributed by atoms with Gasteiger partial charge in [-0.05, 0) is 61.4 Å². The van der Waals surface area contributed by atoms with Crippen molar-refractivity contribution in [2.45, 2.75) is 39.2 Å². The molecule has 1 aromatic heterocycles. The van der Waals surface area contributed by atoms with Crippen LogP contribution in [0.1, 0.15) is 50.3 Å². The van der Waals surface area contributed by atoms with Crippen LogP contribution in [0.25, 0.3) is 16.0 Å². The van der Waals surface area contributed by atoms with Gasteiger partial charge in [-0.15, -0.1) is 0 Å². The molecule has 9 heteroatoms. The van der Waals surface area contributed by atoms with Crippen LogP contribution in [0.5, 0.6) is 17.2 Å². The minimum atomic E-state index is -0.901. The third-order valence-electron chi connectivity index (χ3n) is 6.87. The fourth-order valence-corrected chi connectivity index (χ4v) is 5.83. The number of rotatable bonds is 11. The van der Waals surface area contributed by atoms with Gasteiger partial charge in [0, 0.05) is 5.56 Å². The van der Waals surface area contributed by atoms with E-state index in [0.717, 1.165) is 24.0 Å². The molecule has 1 N–H and O–H groups in total. The number of nitrogens with zero attached hydrogens (tertiary/aromatic N) is 2. The van der Waals surface area contributed by atoms with Crippen molar-refractivity contribution in [1.82, 2.24) is 4.98 Å². The van der Waals surface area contributed by atoms with Crippen LogP contribution in [0.4, 0.5) is 5.13 Å². The molecule has 5 rings (SSSR count). The van der Waals surface area contributed by atoms with Crippen molar-refractivity contribution < 1.29 is 28.9 Å². The van der Waals surface area contributed by atoms with Gasteiger partial charge in [-0.25, -0.2) is 4.98 Å². The Labute approximate surface area is 242 Å². The van der Waals surface area contributed by atoms with E-state index in [-0.39, 0.29) is 11.3 Å². The number of amides is 1. The Balaban J connectivity index is 1.60. The number of thiazole rings is 1. The van der Waals surface area contributed by atoms with Crippen LogP contribution in [0.3, 0.4) is 0 Å². The van der Waals surface area contributed by atoms with Crippen molar-refractivity contribution in [2.24, 2.45) is 0 Å². The third-order valence-corrected chi connectivity index (χ3v) is 7.88. The van der Waals surface area contributed by atoms with Crippen LogP contribution in [-0.2, 0) is 9.59 Å². The first-order valence-electron chi connectivity index (χ1n) is 13.7. The Morgan fingerprint density at radius 1 is 0.951 bits per heavy atom.